The predicted molar refractivity (Wildman–Crippen MR) is 117 cm³/mol. The molecule has 172 valence electrons. The molecule has 1 N–H and O–H groups in total. The first-order valence-electron chi connectivity index (χ1n) is 10.8. The minimum atomic E-state index is -4.46. The average Bonchev–Trinajstić information content (AvgIpc) is 2.80. The van der Waals surface area contributed by atoms with Crippen LogP contribution in [-0.4, -0.2) is 15.9 Å². The molecule has 0 spiro atoms. The molecule has 34 heavy (non-hydrogen) atoms. The van der Waals surface area contributed by atoms with Crippen LogP contribution in [0.15, 0.2) is 60.9 Å². The Labute approximate surface area is 218 Å². The van der Waals surface area contributed by atoms with Gasteiger partial charge in [-0.3, -0.25) is 4.98 Å². The summed E-state index contributed by atoms with van der Waals surface area (Å²) in [5, 5.41) is 13.8. The number of carbonyl (C=O) groups is 1. The van der Waals surface area contributed by atoms with Crippen LogP contribution in [0, 0.1) is 5.92 Å². The van der Waals surface area contributed by atoms with Gasteiger partial charge >= 0.3 is 35.7 Å². The molecule has 9 heteroatoms. The monoisotopic (exact) mass is 477 g/mol. The second-order valence-corrected chi connectivity index (χ2v) is 8.40. The molecule has 1 fully saturated rings. The van der Waals surface area contributed by atoms with Gasteiger partial charge in [-0.05, 0) is 73.8 Å². The Morgan fingerprint density at radius 2 is 1.53 bits per heavy atom. The molecule has 4 rings (SSSR count). The van der Waals surface area contributed by atoms with Gasteiger partial charge in [0.1, 0.15) is 5.69 Å². The van der Waals surface area contributed by atoms with E-state index >= 15 is 0 Å². The Hall–Kier alpha value is -2.42. The molecule has 0 aliphatic heterocycles. The fourth-order valence-corrected chi connectivity index (χ4v) is 4.30. The van der Waals surface area contributed by atoms with E-state index < -0.39 is 17.8 Å². The standard InChI is InChI=1S/C25H24F3N3O2.Na/c26-25(27,28)23-12-10-21(15-30-23)31-20-9-11-22(29-14-20)19-7-5-18(6-8-19)17-3-1-16(2-4-17)13-24(32)33;/h5-12,14-17,31H,1-4,13H2,(H,32,33);/q;+1/p-1. The van der Waals surface area contributed by atoms with Gasteiger partial charge in [0.15, 0.2) is 0 Å². The largest absolute Gasteiger partial charge is 1.00 e. The van der Waals surface area contributed by atoms with Crippen molar-refractivity contribution in [3.63, 3.8) is 0 Å². The van der Waals surface area contributed by atoms with Crippen LogP contribution in [0.3, 0.4) is 0 Å². The molecule has 2 aromatic heterocycles. The normalized spacial score (nSPS) is 18.1. The minimum Gasteiger partial charge on any atom is -0.550 e. The van der Waals surface area contributed by atoms with Crippen molar-refractivity contribution < 1.29 is 52.6 Å². The molecule has 0 unspecified atom stereocenters. The van der Waals surface area contributed by atoms with E-state index in [1.54, 1.807) is 6.20 Å². The van der Waals surface area contributed by atoms with Crippen LogP contribution in [0.25, 0.3) is 11.3 Å². The molecule has 0 radical (unpaired) electrons. The van der Waals surface area contributed by atoms with Crippen molar-refractivity contribution in [3.8, 4) is 11.3 Å². The molecule has 2 heterocycles. The van der Waals surface area contributed by atoms with Gasteiger partial charge in [-0.2, -0.15) is 13.2 Å². The summed E-state index contributed by atoms with van der Waals surface area (Å²) in [6.07, 6.45) is 2.23. The molecule has 1 aromatic carbocycles. The topological polar surface area (TPSA) is 77.9 Å². The van der Waals surface area contributed by atoms with Crippen LogP contribution in [0.1, 0.15) is 49.3 Å². The van der Waals surface area contributed by atoms with Gasteiger partial charge in [-0.1, -0.05) is 24.3 Å². The summed E-state index contributed by atoms with van der Waals surface area (Å²) in [5.74, 6) is -0.304. The smallest absolute Gasteiger partial charge is 0.550 e. The molecule has 1 aliphatic carbocycles. The molecule has 1 aliphatic rings. The Balaban J connectivity index is 0.00000324. The fourth-order valence-electron chi connectivity index (χ4n) is 4.30. The number of carbonyl (C=O) groups excluding carboxylic acids is 1. The Morgan fingerprint density at radius 1 is 0.912 bits per heavy atom. The molecule has 5 nitrogen and oxygen atoms in total. The van der Waals surface area contributed by atoms with Gasteiger partial charge in [0.2, 0.25) is 0 Å². The summed E-state index contributed by atoms with van der Waals surface area (Å²) in [6.45, 7) is 0. The minimum absolute atomic E-state index is 0. The van der Waals surface area contributed by atoms with Gasteiger partial charge in [0.25, 0.3) is 0 Å². The summed E-state index contributed by atoms with van der Waals surface area (Å²) in [4.78, 5) is 18.7. The van der Waals surface area contributed by atoms with E-state index in [-0.39, 0.29) is 41.9 Å². The van der Waals surface area contributed by atoms with Crippen molar-refractivity contribution in [2.75, 3.05) is 5.32 Å². The van der Waals surface area contributed by atoms with Gasteiger partial charge in [-0.25, -0.2) is 4.98 Å². The maximum atomic E-state index is 12.6. The average molecular weight is 477 g/mol. The SMILES string of the molecule is O=C([O-])CC1CCC(c2ccc(-c3ccc(Nc4ccc(C(F)(F)F)nc4)cn3)cc2)CC1.[Na+]. The second-order valence-electron chi connectivity index (χ2n) is 8.40. The molecule has 0 saturated heterocycles. The number of halogens is 3. The summed E-state index contributed by atoms with van der Waals surface area (Å²) < 4.78 is 37.9. The van der Waals surface area contributed by atoms with Crippen molar-refractivity contribution >= 4 is 17.3 Å². The molecule has 0 bridgehead atoms. The summed E-state index contributed by atoms with van der Waals surface area (Å²) in [7, 11) is 0. The van der Waals surface area contributed by atoms with Crippen LogP contribution in [0.2, 0.25) is 0 Å². The van der Waals surface area contributed by atoms with Crippen LogP contribution in [0.5, 0.6) is 0 Å². The van der Waals surface area contributed by atoms with Crippen LogP contribution in [-0.2, 0) is 11.0 Å². The van der Waals surface area contributed by atoms with Crippen LogP contribution in [0.4, 0.5) is 24.5 Å². The molecular weight excluding hydrogens is 454 g/mol. The number of nitrogens with zero attached hydrogens (tertiary/aromatic N) is 2. The number of alkyl halides is 3. The number of nitrogens with one attached hydrogen (secondary N) is 1. The van der Waals surface area contributed by atoms with Crippen LogP contribution >= 0.6 is 0 Å². The molecule has 1 saturated carbocycles. The second kappa shape index (κ2) is 11.3. The van der Waals surface area contributed by atoms with E-state index in [0.29, 0.717) is 17.3 Å². The van der Waals surface area contributed by atoms with E-state index in [9.17, 15) is 23.1 Å². The summed E-state index contributed by atoms with van der Waals surface area (Å²) >= 11 is 0. The van der Waals surface area contributed by atoms with Gasteiger partial charge < -0.3 is 15.2 Å². The number of aliphatic carboxylic acids is 1. The van der Waals surface area contributed by atoms with E-state index in [0.717, 1.165) is 49.2 Å². The zero-order valence-corrected chi connectivity index (χ0v) is 20.8. The Morgan fingerprint density at radius 3 is 2.03 bits per heavy atom. The first-order valence-corrected chi connectivity index (χ1v) is 10.8. The number of carboxylic acid groups (broad SMARTS) is 1. The molecule has 0 amide bonds. The van der Waals surface area contributed by atoms with Crippen molar-refractivity contribution in [1.29, 1.82) is 0 Å². The third kappa shape index (κ3) is 6.81. The third-order valence-corrected chi connectivity index (χ3v) is 6.09. The first-order chi connectivity index (χ1) is 15.8. The number of aromatic nitrogens is 2. The Kier molecular flexibility index (Phi) is 8.73. The quantitative estimate of drug-likeness (QED) is 0.552. The van der Waals surface area contributed by atoms with Gasteiger partial charge in [0, 0.05) is 11.5 Å². The van der Waals surface area contributed by atoms with E-state index in [1.165, 1.54) is 11.6 Å². The number of hydrogen-bond donors (Lipinski definition) is 1. The van der Waals surface area contributed by atoms with Crippen molar-refractivity contribution in [2.45, 2.75) is 44.2 Å². The van der Waals surface area contributed by atoms with Crippen molar-refractivity contribution in [2.24, 2.45) is 5.92 Å². The molecule has 3 aromatic rings. The zero-order chi connectivity index (χ0) is 23.4. The molecule has 0 atom stereocenters. The third-order valence-electron chi connectivity index (χ3n) is 6.09. The predicted octanol–water partition coefficient (Wildman–Crippen LogP) is 2.32. The number of anilines is 2. The Bertz CT molecular complexity index is 1080. The summed E-state index contributed by atoms with van der Waals surface area (Å²) in [5.41, 5.74) is 3.15. The van der Waals surface area contributed by atoms with Crippen molar-refractivity contribution in [1.82, 2.24) is 9.97 Å². The van der Waals surface area contributed by atoms with Crippen LogP contribution < -0.4 is 40.0 Å². The maximum absolute atomic E-state index is 12.6. The number of pyridine rings is 2. The zero-order valence-electron chi connectivity index (χ0n) is 18.8. The maximum Gasteiger partial charge on any atom is 1.00 e. The number of hydrogen-bond acceptors (Lipinski definition) is 5. The van der Waals surface area contributed by atoms with Crippen molar-refractivity contribution in [3.05, 3.63) is 72.2 Å². The number of benzene rings is 1. The summed E-state index contributed by atoms with van der Waals surface area (Å²) in [6, 6.07) is 14.2. The van der Waals surface area contributed by atoms with E-state index in [2.05, 4.69) is 27.4 Å². The number of carboxylic acids is 1. The molecular formula is C25H23F3N3NaO2. The fraction of sp³-hybridized carbons (Fsp3) is 0.320. The van der Waals surface area contributed by atoms with E-state index in [4.69, 9.17) is 0 Å². The van der Waals surface area contributed by atoms with Gasteiger partial charge in [-0.15, -0.1) is 0 Å². The van der Waals surface area contributed by atoms with E-state index in [1.807, 2.05) is 24.3 Å². The number of rotatable bonds is 6. The first kappa shape index (κ1) is 26.2. The van der Waals surface area contributed by atoms with Gasteiger partial charge in [0.05, 0.1) is 29.5 Å².